The van der Waals surface area contributed by atoms with E-state index in [0.717, 1.165) is 5.92 Å². The Morgan fingerprint density at radius 3 is 1.29 bits per heavy atom. The molecule has 1 radical (unpaired) electrons. The zero-order chi connectivity index (χ0) is 33.5. The number of rotatable bonds is 3. The predicted molar refractivity (Wildman–Crippen MR) is 206 cm³/mol. The molecule has 0 spiro atoms. The molecule has 1 N–H and O–H groups in total. The average Bonchev–Trinajstić information content (AvgIpc) is 3.26. The maximum absolute atomic E-state index is 8.46. The van der Waals surface area contributed by atoms with Crippen molar-refractivity contribution in [3.05, 3.63) is 150 Å². The molecule has 0 saturated heterocycles. The van der Waals surface area contributed by atoms with Gasteiger partial charge in [-0.2, -0.15) is 11.1 Å². The largest absolute Gasteiger partial charge is 0.0622 e. The van der Waals surface area contributed by atoms with E-state index >= 15 is 0 Å². The Kier molecular flexibility index (Phi) is 13.7. The maximum Gasteiger partial charge on any atom is -0.0184 e. The molecule has 48 heavy (non-hydrogen) atoms. The van der Waals surface area contributed by atoms with Gasteiger partial charge in [0.2, 0.25) is 0 Å². The second kappa shape index (κ2) is 17.1. The van der Waals surface area contributed by atoms with Gasteiger partial charge in [-0.05, 0) is 47.1 Å². The van der Waals surface area contributed by atoms with Gasteiger partial charge in [0.15, 0.2) is 0 Å². The van der Waals surface area contributed by atoms with Crippen LogP contribution in [0, 0.1) is 28.7 Å². The molecule has 1 nitrogen and oxygen atoms in total. The van der Waals surface area contributed by atoms with E-state index in [9.17, 15) is 0 Å². The predicted octanol–water partition coefficient (Wildman–Crippen LogP) is 10.9. The molecule has 0 heterocycles. The first-order valence-electron chi connectivity index (χ1n) is 17.5. The van der Waals surface area contributed by atoms with E-state index in [2.05, 4.69) is 157 Å². The topological polar surface area (TPSA) is 23.8 Å². The van der Waals surface area contributed by atoms with Gasteiger partial charge in [-0.15, -0.1) is 12.5 Å². The van der Waals surface area contributed by atoms with E-state index < -0.39 is 15.4 Å². The Bertz CT molecular complexity index is 1500. The molecule has 4 bridgehead atoms. The van der Waals surface area contributed by atoms with Crippen molar-refractivity contribution >= 4 is 24.2 Å². The first kappa shape index (κ1) is 38.5. The summed E-state index contributed by atoms with van der Waals surface area (Å²) in [5.74, 6) is 1.45. The summed E-state index contributed by atoms with van der Waals surface area (Å²) in [6.45, 7) is 13.5. The molecule has 9 rings (SSSR count). The van der Waals surface area contributed by atoms with Gasteiger partial charge in [0.1, 0.15) is 0 Å². The average molecular weight is 860 g/mol. The molecule has 0 aromatic heterocycles. The number of hydrogen-bond donors (Lipinski definition) is 0. The van der Waals surface area contributed by atoms with Gasteiger partial charge in [0.05, 0.1) is 0 Å². The Balaban J connectivity index is 0.000000145. The van der Waals surface area contributed by atoms with Gasteiger partial charge in [0.25, 0.3) is 0 Å². The fourth-order valence-electron chi connectivity index (χ4n) is 9.16. The maximum atomic E-state index is 8.46. The molecular formula is C45H54GeHfN-2. The molecule has 3 heteroatoms. The van der Waals surface area contributed by atoms with E-state index in [0.29, 0.717) is 16.7 Å². The quantitative estimate of drug-likeness (QED) is 0.145. The van der Waals surface area contributed by atoms with Crippen LogP contribution in [0.15, 0.2) is 138 Å². The fraction of sp³-hybridized carbons (Fsp3) is 0.378. The van der Waals surface area contributed by atoms with E-state index in [-0.39, 0.29) is 31.4 Å². The number of allylic oxidation sites excluding steroid dienone is 4. The number of nitrogens with one attached hydrogen (secondary N) is 1. The molecular weight excluding hydrogens is 806 g/mol. The Morgan fingerprint density at radius 1 is 0.604 bits per heavy atom. The first-order chi connectivity index (χ1) is 22.4. The molecule has 4 saturated carbocycles. The van der Waals surface area contributed by atoms with Gasteiger partial charge in [-0.25, -0.2) is 5.57 Å². The van der Waals surface area contributed by atoms with Crippen molar-refractivity contribution < 1.29 is 25.8 Å². The van der Waals surface area contributed by atoms with Crippen LogP contribution in [0.4, 0.5) is 0 Å². The summed E-state index contributed by atoms with van der Waals surface area (Å²) in [7, 11) is 0. The molecule has 4 aromatic rings. The summed E-state index contributed by atoms with van der Waals surface area (Å²) in [4.78, 5) is 0. The number of hydrogen-bond acceptors (Lipinski definition) is 0. The minimum Gasteiger partial charge on any atom is -0.0622 e. The third kappa shape index (κ3) is 10.6. The molecule has 3 atom stereocenters. The zero-order valence-electron chi connectivity index (χ0n) is 30.0. The van der Waals surface area contributed by atoms with E-state index in [4.69, 9.17) is 5.73 Å². The number of benzene rings is 4. The van der Waals surface area contributed by atoms with Crippen molar-refractivity contribution in [2.24, 2.45) is 22.7 Å². The minimum absolute atomic E-state index is 0. The van der Waals surface area contributed by atoms with Gasteiger partial charge in [0, 0.05) is 25.8 Å². The normalized spacial score (nSPS) is 27.6. The van der Waals surface area contributed by atoms with Crippen molar-refractivity contribution in [2.45, 2.75) is 85.6 Å². The monoisotopic (exact) mass is 862 g/mol. The SMILES string of the molecule is CC12CC3CC(C)(C1)CC([NH-])(C3)C2.CC1=[C-]C(C)C(C)=C1C.[Hf].c1cc[c]([GeH][c]2ccccc2)cc1.c1ccc(-c2ccccc2)cc1. The molecule has 0 aliphatic heterocycles. The van der Waals surface area contributed by atoms with Gasteiger partial charge >= 0.3 is 84.9 Å². The van der Waals surface area contributed by atoms with Crippen LogP contribution in [-0.2, 0) is 25.8 Å². The summed E-state index contributed by atoms with van der Waals surface area (Å²) in [6, 6.07) is 42.3. The van der Waals surface area contributed by atoms with Crippen molar-refractivity contribution in [3.63, 3.8) is 0 Å². The first-order valence-corrected chi connectivity index (χ1v) is 20.0. The zero-order valence-corrected chi connectivity index (χ0v) is 36.0. The summed E-state index contributed by atoms with van der Waals surface area (Å²) in [5, 5.41) is 0. The third-order valence-electron chi connectivity index (χ3n) is 10.7. The van der Waals surface area contributed by atoms with Crippen LogP contribution in [-0.4, -0.2) is 21.0 Å². The van der Waals surface area contributed by atoms with Crippen molar-refractivity contribution in [1.82, 2.24) is 0 Å². The molecule has 5 aliphatic rings. The van der Waals surface area contributed by atoms with E-state index in [1.807, 2.05) is 12.1 Å². The third-order valence-corrected chi connectivity index (χ3v) is 13.7. The molecule has 3 unspecified atom stereocenters. The smallest absolute Gasteiger partial charge is 0.0184 e. The van der Waals surface area contributed by atoms with Crippen LogP contribution >= 0.6 is 0 Å². The van der Waals surface area contributed by atoms with E-state index in [1.165, 1.54) is 75.2 Å². The van der Waals surface area contributed by atoms with Crippen LogP contribution in [0.25, 0.3) is 16.9 Å². The van der Waals surface area contributed by atoms with Crippen LogP contribution in [0.5, 0.6) is 0 Å². The van der Waals surface area contributed by atoms with Crippen LogP contribution < -0.4 is 8.79 Å². The molecule has 5 aliphatic carbocycles. The standard InChI is InChI=1S/C12H11Ge.C12H20N.C12H10.C9H13.Hf/c1-3-7-11(8-4-1)13-12-9-5-2-6-10-12;1-10-3-9-4-11(2,6-10)8-12(13,5-9)7-10;1-3-7-11(8-4-1)12-9-5-2-6-10-12;1-6-5-7(2)9(4)8(6)3;/h1-10,13H;9,13H,3-8H2,1-2H3;1-10H;6H,1-4H3;/q;-1;;-1;. The minimum atomic E-state index is -0.392. The molecule has 0 amide bonds. The fourth-order valence-corrected chi connectivity index (χ4v) is 11.7. The van der Waals surface area contributed by atoms with E-state index in [1.54, 1.807) is 0 Å². The molecule has 249 valence electrons. The van der Waals surface area contributed by atoms with Gasteiger partial charge < -0.3 is 5.73 Å². The van der Waals surface area contributed by atoms with Crippen molar-refractivity contribution in [1.29, 1.82) is 0 Å². The second-order valence-electron chi connectivity index (χ2n) is 15.4. The van der Waals surface area contributed by atoms with Crippen LogP contribution in [0.2, 0.25) is 0 Å². The van der Waals surface area contributed by atoms with Crippen LogP contribution in [0.1, 0.15) is 80.1 Å². The molecule has 4 aromatic carbocycles. The summed E-state index contributed by atoms with van der Waals surface area (Å²) in [6.07, 6.45) is 11.2. The van der Waals surface area contributed by atoms with Gasteiger partial charge in [-0.1, -0.05) is 120 Å². The Hall–Kier alpha value is -2.27. The van der Waals surface area contributed by atoms with Crippen molar-refractivity contribution in [2.75, 3.05) is 0 Å². The Morgan fingerprint density at radius 2 is 1.00 bits per heavy atom. The summed E-state index contributed by atoms with van der Waals surface area (Å²) in [5.41, 5.74) is 16.3. The molecule has 4 fully saturated rings. The summed E-state index contributed by atoms with van der Waals surface area (Å²) < 4.78 is 3.05. The van der Waals surface area contributed by atoms with Gasteiger partial charge in [-0.3, -0.25) is 6.08 Å². The van der Waals surface area contributed by atoms with Crippen LogP contribution in [0.3, 0.4) is 0 Å². The Labute approximate surface area is 317 Å². The summed E-state index contributed by atoms with van der Waals surface area (Å²) >= 11 is -0.392. The van der Waals surface area contributed by atoms with Crippen molar-refractivity contribution in [3.8, 4) is 11.1 Å². The second-order valence-corrected chi connectivity index (χ2v) is 18.8.